The highest BCUT2D eigenvalue weighted by Crippen LogP contribution is 2.37. The summed E-state index contributed by atoms with van der Waals surface area (Å²) in [6, 6.07) is 19.8. The number of carbonyl (C=O) groups excluding carboxylic acids is 4. The summed E-state index contributed by atoms with van der Waals surface area (Å²) in [6.45, 7) is 40.3. The lowest BCUT2D eigenvalue weighted by Crippen LogP contribution is -2.65. The number of rotatable bonds is 15. The highest BCUT2D eigenvalue weighted by atomic mass is 19.1. The average Bonchev–Trinajstić information content (AvgIpc) is 0.779. The molecule has 0 bridgehead atoms. The van der Waals surface area contributed by atoms with Crippen molar-refractivity contribution in [3.63, 3.8) is 0 Å². The van der Waals surface area contributed by atoms with Crippen molar-refractivity contribution >= 4 is 23.6 Å². The van der Waals surface area contributed by atoms with Gasteiger partial charge in [0.1, 0.15) is 40.3 Å². The zero-order chi connectivity index (χ0) is 70.6. The molecule has 97 heavy (non-hydrogen) atoms. The van der Waals surface area contributed by atoms with Crippen LogP contribution in [-0.2, 0) is 0 Å². The molecule has 4 amide bonds. The van der Waals surface area contributed by atoms with Crippen LogP contribution in [0.4, 0.5) is 13.2 Å². The molecule has 0 N–H and O–H groups in total. The number of carbonyl (C=O) groups is 4. The Bertz CT molecular complexity index is 3260. The SMILES string of the molecule is COc1cc(C(=O)N2CCC(N3CC(C(C)C)C3)CC2)ccc1C.COc1cc(C(=O)N2CCC(N3CC(F)(C(C)C)C3)CC2)ccc1C.COc1cc(C(=O)N2CCC(N3CCN(C(C)C)CC3)CC2)c(F)cc1C.COc1cc(C(=O)N2CCN(C(C)C)CC2)c(F)cc1C. The van der Waals surface area contributed by atoms with Gasteiger partial charge < -0.3 is 38.5 Å². The predicted molar refractivity (Wildman–Crippen MR) is 379 cm³/mol. The molecule has 0 atom stereocenters. The Morgan fingerprint density at radius 1 is 0.412 bits per heavy atom. The highest BCUT2D eigenvalue weighted by molar-refractivity contribution is 5.97. The molecule has 0 unspecified atom stereocenters. The van der Waals surface area contributed by atoms with Gasteiger partial charge in [-0.05, 0) is 182 Å². The number of halogens is 3. The Labute approximate surface area is 577 Å². The van der Waals surface area contributed by atoms with Gasteiger partial charge in [-0.3, -0.25) is 43.7 Å². The molecule has 7 aliphatic rings. The normalized spacial score (nSPS) is 19.7. The first-order valence-electron chi connectivity index (χ1n) is 35.7. The first kappa shape index (κ1) is 76.3. The number of hydrogen-bond donors (Lipinski definition) is 0. The van der Waals surface area contributed by atoms with Crippen LogP contribution in [0.15, 0.2) is 60.7 Å². The van der Waals surface area contributed by atoms with Crippen molar-refractivity contribution in [3.8, 4) is 23.0 Å². The number of likely N-dealkylation sites (tertiary alicyclic amines) is 5. The molecule has 7 saturated heterocycles. The second-order valence-corrected chi connectivity index (χ2v) is 29.2. The second-order valence-electron chi connectivity index (χ2n) is 29.2. The number of aryl methyl sites for hydroxylation is 4. The molecule has 20 heteroatoms. The molecule has 11 rings (SSSR count). The van der Waals surface area contributed by atoms with Crippen LogP contribution < -0.4 is 18.9 Å². The number of benzene rings is 4. The summed E-state index contributed by atoms with van der Waals surface area (Å²) in [5, 5.41) is 0. The largest absolute Gasteiger partial charge is 0.496 e. The number of methoxy groups -OCH3 is 4. The summed E-state index contributed by atoms with van der Waals surface area (Å²) in [5.74, 6) is 3.12. The fourth-order valence-corrected chi connectivity index (χ4v) is 14.6. The van der Waals surface area contributed by atoms with E-state index in [1.54, 1.807) is 45.0 Å². The average molecular weight is 1350 g/mol. The quantitative estimate of drug-likeness (QED) is 0.112. The molecule has 17 nitrogen and oxygen atoms in total. The minimum absolute atomic E-state index is 0.0578. The van der Waals surface area contributed by atoms with Gasteiger partial charge in [0.25, 0.3) is 23.6 Å². The van der Waals surface area contributed by atoms with Crippen LogP contribution in [0.1, 0.15) is 158 Å². The molecule has 0 aromatic heterocycles. The molecule has 0 radical (unpaired) electrons. The van der Waals surface area contributed by atoms with Crippen molar-refractivity contribution in [1.82, 2.24) is 44.1 Å². The van der Waals surface area contributed by atoms with Crippen LogP contribution >= 0.6 is 0 Å². The number of ether oxygens (including phenoxy) is 4. The second kappa shape index (κ2) is 34.6. The van der Waals surface area contributed by atoms with Gasteiger partial charge in [-0.25, -0.2) is 13.2 Å². The molecular formula is C77H114F3N9O8. The summed E-state index contributed by atoms with van der Waals surface area (Å²) < 4.78 is 63.9. The van der Waals surface area contributed by atoms with E-state index >= 15 is 0 Å². The minimum Gasteiger partial charge on any atom is -0.496 e. The van der Waals surface area contributed by atoms with Crippen molar-refractivity contribution in [2.24, 2.45) is 17.8 Å². The maximum Gasteiger partial charge on any atom is 0.257 e. The first-order valence-corrected chi connectivity index (χ1v) is 35.7. The fraction of sp³-hybridized carbons (Fsp3) is 0.636. The Hall–Kier alpha value is -6.45. The molecule has 7 fully saturated rings. The van der Waals surface area contributed by atoms with E-state index < -0.39 is 17.3 Å². The number of amides is 4. The summed E-state index contributed by atoms with van der Waals surface area (Å²) in [5.41, 5.74) is 4.07. The lowest BCUT2D eigenvalue weighted by Gasteiger charge is -2.52. The van der Waals surface area contributed by atoms with Crippen LogP contribution in [0.2, 0.25) is 0 Å². The summed E-state index contributed by atoms with van der Waals surface area (Å²) >= 11 is 0. The Balaban J connectivity index is 0.000000166. The van der Waals surface area contributed by atoms with Gasteiger partial charge >= 0.3 is 0 Å². The monoisotopic (exact) mass is 1350 g/mol. The smallest absolute Gasteiger partial charge is 0.257 e. The number of piperidine rings is 3. The van der Waals surface area contributed by atoms with Gasteiger partial charge in [0.05, 0.1) is 39.6 Å². The zero-order valence-corrected chi connectivity index (χ0v) is 61.3. The summed E-state index contributed by atoms with van der Waals surface area (Å²) in [7, 11) is 6.34. The van der Waals surface area contributed by atoms with E-state index in [0.29, 0.717) is 97.7 Å². The van der Waals surface area contributed by atoms with Gasteiger partial charge in [-0.1, -0.05) is 39.8 Å². The lowest BCUT2D eigenvalue weighted by atomic mass is 9.82. The zero-order valence-electron chi connectivity index (χ0n) is 61.3. The van der Waals surface area contributed by atoms with Crippen LogP contribution in [0.25, 0.3) is 0 Å². The molecule has 4 aromatic rings. The highest BCUT2D eigenvalue weighted by Gasteiger charge is 2.49. The molecule has 0 saturated carbocycles. The summed E-state index contributed by atoms with van der Waals surface area (Å²) in [6.07, 6.45) is 5.95. The number of alkyl halides is 1. The third kappa shape index (κ3) is 19.1. The van der Waals surface area contributed by atoms with Crippen molar-refractivity contribution in [2.45, 2.75) is 157 Å². The van der Waals surface area contributed by atoms with Crippen molar-refractivity contribution < 1.29 is 51.3 Å². The molecule has 0 spiro atoms. The van der Waals surface area contributed by atoms with Crippen LogP contribution in [-0.4, -0.2) is 250 Å². The van der Waals surface area contributed by atoms with Crippen molar-refractivity contribution in [3.05, 3.63) is 117 Å². The van der Waals surface area contributed by atoms with Crippen LogP contribution in [0, 0.1) is 57.1 Å². The van der Waals surface area contributed by atoms with E-state index in [9.17, 15) is 32.3 Å². The van der Waals surface area contributed by atoms with E-state index in [2.05, 4.69) is 66.0 Å². The molecule has 7 heterocycles. The maximum atomic E-state index is 14.4. The fourth-order valence-electron chi connectivity index (χ4n) is 14.6. The van der Waals surface area contributed by atoms with E-state index in [-0.39, 0.29) is 40.7 Å². The van der Waals surface area contributed by atoms with Crippen molar-refractivity contribution in [1.29, 1.82) is 0 Å². The van der Waals surface area contributed by atoms with E-state index in [4.69, 9.17) is 18.9 Å². The van der Waals surface area contributed by atoms with E-state index in [0.717, 1.165) is 144 Å². The minimum atomic E-state index is -1.02. The molecule has 4 aromatic carbocycles. The molecule has 536 valence electrons. The van der Waals surface area contributed by atoms with Gasteiger partial charge in [0, 0.05) is 159 Å². The number of nitrogens with zero attached hydrogens (tertiary/aromatic N) is 9. The van der Waals surface area contributed by atoms with Gasteiger partial charge in [0.15, 0.2) is 0 Å². The lowest BCUT2D eigenvalue weighted by molar-refractivity contribution is -0.0937. The number of hydrogen-bond acceptors (Lipinski definition) is 13. The van der Waals surface area contributed by atoms with Gasteiger partial charge in [-0.2, -0.15) is 0 Å². The van der Waals surface area contributed by atoms with Crippen LogP contribution in [0.3, 0.4) is 0 Å². The first-order chi connectivity index (χ1) is 46.2. The Kier molecular flexibility index (Phi) is 27.2. The van der Waals surface area contributed by atoms with Gasteiger partial charge in [-0.15, -0.1) is 0 Å². The maximum absolute atomic E-state index is 14.4. The molecular weight excluding hydrogens is 1240 g/mol. The standard InChI is InChI=1S/C21H32FN3O2.C20H29FN2O2.C20H30N2O2.C16H23FN2O2/c1-15(2)23-9-11-24(12-10-23)17-5-7-25(8-6-17)21(26)18-14-20(27-4)16(3)13-19(18)22;1-14(2)20(21)12-23(13-20)17-7-9-22(10-8-17)19(24)16-6-5-15(3)18(11-16)25-4;1-14(2)17-12-22(13-17)18-7-9-21(10-8-18)20(23)16-6-5-15(3)19(11-16)24-4;1-11(2)18-5-7-19(8-6-18)16(20)13-10-15(21-4)12(3)9-14(13)17/h13-15,17H,5-12H2,1-4H3;5-6,11,14,17H,7-10,12-13H2,1-4H3;5-6,11,14,17-18H,7-10,12-13H2,1-4H3;9-11H,5-8H2,1-4H3. The predicted octanol–water partition coefficient (Wildman–Crippen LogP) is 11.6. The topological polar surface area (TPSA) is 134 Å². The molecule has 0 aliphatic carbocycles. The van der Waals surface area contributed by atoms with E-state index in [1.807, 2.05) is 73.9 Å². The third-order valence-electron chi connectivity index (χ3n) is 21.8. The van der Waals surface area contributed by atoms with Crippen LogP contribution in [0.5, 0.6) is 23.0 Å². The van der Waals surface area contributed by atoms with Crippen molar-refractivity contribution in [2.75, 3.05) is 146 Å². The molecule has 7 aliphatic heterocycles. The van der Waals surface area contributed by atoms with Gasteiger partial charge in [0.2, 0.25) is 0 Å². The van der Waals surface area contributed by atoms with E-state index in [1.165, 1.54) is 44.5 Å². The third-order valence-corrected chi connectivity index (χ3v) is 21.8. The Morgan fingerprint density at radius 2 is 0.742 bits per heavy atom. The number of piperazine rings is 2. The summed E-state index contributed by atoms with van der Waals surface area (Å²) in [4.78, 5) is 70.4. The Morgan fingerprint density at radius 3 is 1.09 bits per heavy atom.